The molecular formula is C10H14BrF3N4. The zero-order valence-corrected chi connectivity index (χ0v) is 11.4. The molecule has 1 rings (SSSR count). The zero-order valence-electron chi connectivity index (χ0n) is 9.81. The number of nitrogens with zero attached hydrogens (tertiary/aromatic N) is 2. The Bertz CT molecular complexity index is 384. The van der Waals surface area contributed by atoms with E-state index in [0.29, 0.717) is 22.8 Å². The maximum Gasteiger partial charge on any atom is 0.390 e. The fraction of sp³-hybridized carbons (Fsp3) is 0.600. The van der Waals surface area contributed by atoms with Crippen LogP contribution in [0.3, 0.4) is 0 Å². The summed E-state index contributed by atoms with van der Waals surface area (Å²) in [6.45, 7) is 2.49. The Morgan fingerprint density at radius 1 is 1.28 bits per heavy atom. The smallest absolute Gasteiger partial charge is 0.369 e. The topological polar surface area (TPSA) is 49.8 Å². The van der Waals surface area contributed by atoms with Gasteiger partial charge in [0.1, 0.15) is 5.82 Å². The molecule has 2 N–H and O–H groups in total. The molecule has 0 fully saturated rings. The number of nitrogens with one attached hydrogen (secondary N) is 2. The van der Waals surface area contributed by atoms with Gasteiger partial charge in [-0.3, -0.25) is 0 Å². The van der Waals surface area contributed by atoms with Crippen LogP contribution in [0.4, 0.5) is 24.9 Å². The lowest BCUT2D eigenvalue weighted by Crippen LogP contribution is -2.16. The molecule has 0 amide bonds. The van der Waals surface area contributed by atoms with Crippen LogP contribution in [-0.4, -0.2) is 29.2 Å². The summed E-state index contributed by atoms with van der Waals surface area (Å²) in [5.74, 6) is 0.752. The van der Waals surface area contributed by atoms with Crippen LogP contribution < -0.4 is 10.6 Å². The van der Waals surface area contributed by atoms with Crippen LogP contribution in [0, 0.1) is 0 Å². The van der Waals surface area contributed by atoms with Crippen LogP contribution in [-0.2, 0) is 0 Å². The van der Waals surface area contributed by atoms with E-state index in [1.807, 2.05) is 6.92 Å². The molecule has 0 aliphatic carbocycles. The predicted octanol–water partition coefficient (Wildman–Crippen LogP) is 3.43. The van der Waals surface area contributed by atoms with Gasteiger partial charge in [0.15, 0.2) is 0 Å². The summed E-state index contributed by atoms with van der Waals surface area (Å²) in [7, 11) is 0. The van der Waals surface area contributed by atoms with E-state index in [9.17, 15) is 13.2 Å². The molecule has 0 bridgehead atoms. The number of hydrogen-bond donors (Lipinski definition) is 2. The van der Waals surface area contributed by atoms with E-state index in [1.165, 1.54) is 6.20 Å². The van der Waals surface area contributed by atoms with E-state index >= 15 is 0 Å². The molecule has 1 heterocycles. The molecule has 0 saturated carbocycles. The summed E-state index contributed by atoms with van der Waals surface area (Å²) < 4.78 is 36.6. The van der Waals surface area contributed by atoms with Crippen molar-refractivity contribution in [2.75, 3.05) is 23.7 Å². The van der Waals surface area contributed by atoms with Crippen molar-refractivity contribution in [1.82, 2.24) is 9.97 Å². The number of hydrogen-bond acceptors (Lipinski definition) is 4. The summed E-state index contributed by atoms with van der Waals surface area (Å²) in [5, 5.41) is 5.59. The Hall–Kier alpha value is -1.05. The minimum Gasteiger partial charge on any atom is -0.369 e. The first kappa shape index (κ1) is 15.0. The Kier molecular flexibility index (Phi) is 5.64. The first-order chi connectivity index (χ1) is 8.42. The van der Waals surface area contributed by atoms with E-state index in [-0.39, 0.29) is 6.54 Å². The van der Waals surface area contributed by atoms with Crippen LogP contribution in [0.1, 0.15) is 19.8 Å². The van der Waals surface area contributed by atoms with E-state index in [1.54, 1.807) is 0 Å². The van der Waals surface area contributed by atoms with E-state index in [0.717, 1.165) is 6.42 Å². The standard InChI is InChI=1S/C10H14BrF3N4/c1-2-4-16-9-17-6-7(11)8(18-9)15-5-3-10(12,13)14/h6H,2-5H2,1H3,(H2,15,16,17,18). The molecule has 0 atom stereocenters. The second kappa shape index (κ2) is 6.77. The van der Waals surface area contributed by atoms with Gasteiger partial charge in [0.05, 0.1) is 10.9 Å². The van der Waals surface area contributed by atoms with Crippen molar-refractivity contribution >= 4 is 27.7 Å². The Morgan fingerprint density at radius 3 is 2.61 bits per heavy atom. The van der Waals surface area contributed by atoms with Crippen molar-refractivity contribution in [3.63, 3.8) is 0 Å². The quantitative estimate of drug-likeness (QED) is 0.841. The Morgan fingerprint density at radius 2 is 2.00 bits per heavy atom. The maximum absolute atomic E-state index is 12.0. The molecule has 0 unspecified atom stereocenters. The minimum atomic E-state index is -4.17. The molecule has 1 aromatic heterocycles. The molecule has 8 heteroatoms. The summed E-state index contributed by atoms with van der Waals surface area (Å²) in [6, 6.07) is 0. The largest absolute Gasteiger partial charge is 0.390 e. The highest BCUT2D eigenvalue weighted by molar-refractivity contribution is 9.10. The first-order valence-corrected chi connectivity index (χ1v) is 6.28. The second-order valence-electron chi connectivity index (χ2n) is 3.61. The third-order valence-corrected chi connectivity index (χ3v) is 2.56. The van der Waals surface area contributed by atoms with Crippen molar-refractivity contribution in [1.29, 1.82) is 0 Å². The van der Waals surface area contributed by atoms with E-state index in [2.05, 4.69) is 36.5 Å². The lowest BCUT2D eigenvalue weighted by molar-refractivity contribution is -0.131. The highest BCUT2D eigenvalue weighted by atomic mass is 79.9. The van der Waals surface area contributed by atoms with Crippen LogP contribution in [0.2, 0.25) is 0 Å². The molecule has 4 nitrogen and oxygen atoms in total. The van der Waals surface area contributed by atoms with Crippen LogP contribution in [0.5, 0.6) is 0 Å². The zero-order chi connectivity index (χ0) is 13.6. The van der Waals surface area contributed by atoms with Gasteiger partial charge < -0.3 is 10.6 Å². The molecular weight excluding hydrogens is 313 g/mol. The highest BCUT2D eigenvalue weighted by Crippen LogP contribution is 2.22. The number of rotatable bonds is 6. The summed E-state index contributed by atoms with van der Waals surface area (Å²) in [4.78, 5) is 8.08. The van der Waals surface area contributed by atoms with Gasteiger partial charge in [-0.25, -0.2) is 4.98 Å². The molecule has 102 valence electrons. The number of alkyl halides is 3. The summed E-state index contributed by atoms with van der Waals surface area (Å²) in [5.41, 5.74) is 0. The molecule has 0 spiro atoms. The third-order valence-electron chi connectivity index (χ3n) is 1.98. The molecule has 1 aromatic rings. The predicted molar refractivity (Wildman–Crippen MR) is 67.7 cm³/mol. The van der Waals surface area contributed by atoms with Crippen molar-refractivity contribution < 1.29 is 13.2 Å². The normalized spacial score (nSPS) is 11.4. The van der Waals surface area contributed by atoms with Crippen molar-refractivity contribution in [2.24, 2.45) is 0 Å². The second-order valence-corrected chi connectivity index (χ2v) is 4.46. The SMILES string of the molecule is CCCNc1ncc(Br)c(NCCC(F)(F)F)n1. The number of aromatic nitrogens is 2. The lowest BCUT2D eigenvalue weighted by Gasteiger charge is -2.11. The molecule has 18 heavy (non-hydrogen) atoms. The lowest BCUT2D eigenvalue weighted by atomic mass is 10.4. The first-order valence-electron chi connectivity index (χ1n) is 5.49. The fourth-order valence-corrected chi connectivity index (χ4v) is 1.47. The van der Waals surface area contributed by atoms with Gasteiger partial charge in [-0.05, 0) is 22.4 Å². The molecule has 0 radical (unpaired) electrons. The van der Waals surface area contributed by atoms with Gasteiger partial charge in [0.25, 0.3) is 0 Å². The molecule has 0 aromatic carbocycles. The highest BCUT2D eigenvalue weighted by Gasteiger charge is 2.26. The van der Waals surface area contributed by atoms with Gasteiger partial charge in [0.2, 0.25) is 5.95 Å². The van der Waals surface area contributed by atoms with Gasteiger partial charge in [-0.1, -0.05) is 6.92 Å². The minimum absolute atomic E-state index is 0.216. The fourth-order valence-electron chi connectivity index (χ4n) is 1.14. The summed E-state index contributed by atoms with van der Waals surface area (Å²) in [6.07, 6.45) is -2.66. The number of anilines is 2. The van der Waals surface area contributed by atoms with Crippen LogP contribution in [0.25, 0.3) is 0 Å². The van der Waals surface area contributed by atoms with Crippen molar-refractivity contribution in [2.45, 2.75) is 25.9 Å². The van der Waals surface area contributed by atoms with Crippen molar-refractivity contribution in [3.05, 3.63) is 10.7 Å². The maximum atomic E-state index is 12.0. The van der Waals surface area contributed by atoms with Gasteiger partial charge in [-0.15, -0.1) is 0 Å². The Labute approximate surface area is 112 Å². The molecule has 0 aliphatic heterocycles. The summed E-state index contributed by atoms with van der Waals surface area (Å²) >= 11 is 3.18. The monoisotopic (exact) mass is 326 g/mol. The molecule has 0 saturated heterocycles. The van der Waals surface area contributed by atoms with Crippen LogP contribution >= 0.6 is 15.9 Å². The van der Waals surface area contributed by atoms with Gasteiger partial charge in [-0.2, -0.15) is 18.2 Å². The molecule has 0 aliphatic rings. The third kappa shape index (κ3) is 5.52. The van der Waals surface area contributed by atoms with Gasteiger partial charge in [0, 0.05) is 19.3 Å². The Balaban J connectivity index is 2.58. The number of halogens is 4. The van der Waals surface area contributed by atoms with Crippen LogP contribution in [0.15, 0.2) is 10.7 Å². The van der Waals surface area contributed by atoms with Crippen molar-refractivity contribution in [3.8, 4) is 0 Å². The average Bonchev–Trinajstić information content (AvgIpc) is 2.28. The van der Waals surface area contributed by atoms with Gasteiger partial charge >= 0.3 is 6.18 Å². The van der Waals surface area contributed by atoms with E-state index < -0.39 is 12.6 Å². The average molecular weight is 327 g/mol. The van der Waals surface area contributed by atoms with E-state index in [4.69, 9.17) is 0 Å².